The smallest absolute Gasteiger partial charge is 0.339 e. The van der Waals surface area contributed by atoms with Crippen molar-refractivity contribution >= 4 is 24.7 Å². The average Bonchev–Trinajstić information content (AvgIpc) is 2.96. The zero-order chi connectivity index (χ0) is 17.8. The summed E-state index contributed by atoms with van der Waals surface area (Å²) in [7, 11) is -2.60. The Kier molecular flexibility index (Phi) is 3.95. The van der Waals surface area contributed by atoms with Crippen LogP contribution in [-0.4, -0.2) is 60.2 Å². The van der Waals surface area contributed by atoms with Crippen LogP contribution in [0.1, 0.15) is 25.3 Å². The number of rotatable bonds is 4. The number of ether oxygens (including phenoxy) is 1. The third-order valence-electron chi connectivity index (χ3n) is 5.17. The first-order valence-electron chi connectivity index (χ1n) is 8.18. The number of methoxy groups -OCH3 is 1. The lowest BCUT2D eigenvalue weighted by Gasteiger charge is -2.50. The summed E-state index contributed by atoms with van der Waals surface area (Å²) in [4.78, 5) is 33.4. The number of nitrogen functional groups attached to an aromatic ring is 1. The first-order valence-corrected chi connectivity index (χ1v) is 9.98. The Hall–Kier alpha value is -1.74. The Bertz CT molecular complexity index is 851. The number of nitrogens with two attached hydrogens (primary N) is 1. The molecule has 0 aromatic carbocycles. The second kappa shape index (κ2) is 5.91. The van der Waals surface area contributed by atoms with Crippen molar-refractivity contribution in [1.29, 1.82) is 0 Å². The first-order chi connectivity index (χ1) is 11.9. The molecule has 4 heterocycles. The molecule has 5 rings (SSSR count). The highest BCUT2D eigenvalue weighted by Crippen LogP contribution is 2.46. The fraction of sp³-hybridized carbons (Fsp3) is 0.643. The Labute approximate surface area is 144 Å². The minimum absolute atomic E-state index is 0.0391. The maximum Gasteiger partial charge on any atom is 0.339 e. The molecule has 2 aromatic heterocycles. The molecule has 4 N–H and O–H groups in total. The second-order valence-corrected chi connectivity index (χ2v) is 8.42. The van der Waals surface area contributed by atoms with E-state index in [1.807, 2.05) is 9.47 Å². The predicted octanol–water partition coefficient (Wildman–Crippen LogP) is 0.578. The van der Waals surface area contributed by atoms with Crippen molar-refractivity contribution in [3.63, 3.8) is 0 Å². The molecule has 2 aromatic rings. The van der Waals surface area contributed by atoms with Gasteiger partial charge in [-0.1, -0.05) is 0 Å². The SMILES string of the molecule is COc1nc(N)nc2c1ncn2C1CC2CCC1N(CP(=O)(O)O)C2. The molecule has 3 fully saturated rings. The molecule has 0 spiro atoms. The third kappa shape index (κ3) is 2.99. The lowest BCUT2D eigenvalue weighted by molar-refractivity contribution is 0.0175. The summed E-state index contributed by atoms with van der Waals surface area (Å²) >= 11 is 0. The number of hydrogen-bond donors (Lipinski definition) is 3. The molecule has 3 aliphatic rings. The van der Waals surface area contributed by atoms with E-state index in [1.54, 1.807) is 6.33 Å². The summed E-state index contributed by atoms with van der Waals surface area (Å²) in [5.41, 5.74) is 6.92. The number of aromatic nitrogens is 4. The van der Waals surface area contributed by atoms with Crippen LogP contribution in [0.4, 0.5) is 5.95 Å². The first kappa shape index (κ1) is 16.7. The molecule has 2 bridgehead atoms. The molecular formula is C14H21N6O4P. The summed E-state index contributed by atoms with van der Waals surface area (Å²) in [5.74, 6) is 0.841. The van der Waals surface area contributed by atoms with Crippen LogP contribution >= 0.6 is 7.60 Å². The van der Waals surface area contributed by atoms with E-state index in [1.165, 1.54) is 7.11 Å². The van der Waals surface area contributed by atoms with E-state index in [0.29, 0.717) is 23.0 Å². The van der Waals surface area contributed by atoms with Crippen LogP contribution in [0, 0.1) is 5.92 Å². The fourth-order valence-corrected chi connectivity index (χ4v) is 5.06. The van der Waals surface area contributed by atoms with E-state index < -0.39 is 7.60 Å². The summed E-state index contributed by atoms with van der Waals surface area (Å²) < 4.78 is 18.7. The zero-order valence-electron chi connectivity index (χ0n) is 13.8. The number of anilines is 1. The van der Waals surface area contributed by atoms with Crippen molar-refractivity contribution in [1.82, 2.24) is 24.4 Å². The normalized spacial score (nSPS) is 27.1. The highest BCUT2D eigenvalue weighted by molar-refractivity contribution is 7.51. The van der Waals surface area contributed by atoms with Gasteiger partial charge in [-0.2, -0.15) is 9.97 Å². The van der Waals surface area contributed by atoms with Crippen molar-refractivity contribution in [2.24, 2.45) is 5.92 Å². The van der Waals surface area contributed by atoms with Crippen LogP contribution in [0.2, 0.25) is 0 Å². The molecule has 1 aliphatic carbocycles. The van der Waals surface area contributed by atoms with E-state index >= 15 is 0 Å². The molecule has 25 heavy (non-hydrogen) atoms. The van der Waals surface area contributed by atoms with E-state index in [4.69, 9.17) is 10.5 Å². The van der Waals surface area contributed by atoms with Gasteiger partial charge in [0.25, 0.3) is 0 Å². The molecule has 10 nitrogen and oxygen atoms in total. The number of fused-ring (bicyclic) bond motifs is 4. The molecule has 2 saturated heterocycles. The maximum absolute atomic E-state index is 11.5. The summed E-state index contributed by atoms with van der Waals surface area (Å²) in [6.45, 7) is 0.722. The lowest BCUT2D eigenvalue weighted by Crippen LogP contribution is -2.53. The fourth-order valence-electron chi connectivity index (χ4n) is 4.26. The van der Waals surface area contributed by atoms with Gasteiger partial charge in [-0.05, 0) is 25.2 Å². The monoisotopic (exact) mass is 368 g/mol. The van der Waals surface area contributed by atoms with Gasteiger partial charge in [0.2, 0.25) is 11.8 Å². The zero-order valence-corrected chi connectivity index (χ0v) is 14.7. The van der Waals surface area contributed by atoms with E-state index in [9.17, 15) is 14.4 Å². The summed E-state index contributed by atoms with van der Waals surface area (Å²) in [6, 6.07) is 0.0836. The quantitative estimate of drug-likeness (QED) is 0.661. The molecule has 1 saturated carbocycles. The van der Waals surface area contributed by atoms with Crippen molar-refractivity contribution < 1.29 is 19.1 Å². The minimum Gasteiger partial charge on any atom is -0.479 e. The van der Waals surface area contributed by atoms with Gasteiger partial charge in [-0.3, -0.25) is 9.46 Å². The molecule has 11 heteroatoms. The molecule has 3 unspecified atom stereocenters. The standard InChI is InChI=1S/C14H21N6O4P/c1-24-13-11-12(17-14(15)18-13)20(6-16-11)10-4-8-2-3-9(10)19(5-8)7-25(21,22)23/h6,8-10H,2-5,7H2,1H3,(H2,15,17,18)(H2,21,22,23). The van der Waals surface area contributed by atoms with Crippen LogP contribution in [0.25, 0.3) is 11.2 Å². The molecular weight excluding hydrogens is 347 g/mol. The maximum atomic E-state index is 11.5. The van der Waals surface area contributed by atoms with Crippen molar-refractivity contribution in [3.05, 3.63) is 6.33 Å². The Morgan fingerprint density at radius 3 is 2.84 bits per heavy atom. The lowest BCUT2D eigenvalue weighted by atomic mass is 9.76. The van der Waals surface area contributed by atoms with Crippen molar-refractivity contribution in [2.45, 2.75) is 31.3 Å². The minimum atomic E-state index is -4.10. The highest BCUT2D eigenvalue weighted by atomic mass is 31.2. The number of hydrogen-bond acceptors (Lipinski definition) is 7. The van der Waals surface area contributed by atoms with Gasteiger partial charge in [0.05, 0.1) is 19.5 Å². The summed E-state index contributed by atoms with van der Waals surface area (Å²) in [5, 5.41) is 0. The second-order valence-electron chi connectivity index (χ2n) is 6.81. The third-order valence-corrected chi connectivity index (χ3v) is 5.91. The molecule has 0 radical (unpaired) electrons. The number of imidazole rings is 1. The van der Waals surface area contributed by atoms with Crippen LogP contribution in [0.5, 0.6) is 5.88 Å². The van der Waals surface area contributed by atoms with Gasteiger partial charge in [0, 0.05) is 12.6 Å². The summed E-state index contributed by atoms with van der Waals surface area (Å²) in [6.07, 6.45) is 4.39. The van der Waals surface area contributed by atoms with Gasteiger partial charge >= 0.3 is 7.60 Å². The van der Waals surface area contributed by atoms with Crippen molar-refractivity contribution in [2.75, 3.05) is 25.7 Å². The van der Waals surface area contributed by atoms with Gasteiger partial charge in [0.15, 0.2) is 11.2 Å². The van der Waals surface area contributed by atoms with Gasteiger partial charge in [-0.25, -0.2) is 4.98 Å². The number of piperidine rings is 2. The Morgan fingerprint density at radius 1 is 1.36 bits per heavy atom. The van der Waals surface area contributed by atoms with Crippen molar-refractivity contribution in [3.8, 4) is 5.88 Å². The van der Waals surface area contributed by atoms with E-state index in [2.05, 4.69) is 15.0 Å². The largest absolute Gasteiger partial charge is 0.479 e. The van der Waals surface area contributed by atoms with Crippen LogP contribution in [0.15, 0.2) is 6.33 Å². The van der Waals surface area contributed by atoms with Gasteiger partial charge in [0.1, 0.15) is 6.29 Å². The Balaban J connectivity index is 1.73. The topological polar surface area (TPSA) is 140 Å². The highest BCUT2D eigenvalue weighted by Gasteiger charge is 2.44. The predicted molar refractivity (Wildman–Crippen MR) is 90.1 cm³/mol. The van der Waals surface area contributed by atoms with Gasteiger partial charge in [-0.15, -0.1) is 0 Å². The average molecular weight is 368 g/mol. The molecule has 2 aliphatic heterocycles. The van der Waals surface area contributed by atoms with E-state index in [0.717, 1.165) is 25.8 Å². The van der Waals surface area contributed by atoms with Crippen LogP contribution < -0.4 is 10.5 Å². The Morgan fingerprint density at radius 2 is 2.16 bits per heavy atom. The molecule has 3 atom stereocenters. The van der Waals surface area contributed by atoms with Crippen LogP contribution in [0.3, 0.4) is 0 Å². The van der Waals surface area contributed by atoms with E-state index in [-0.39, 0.29) is 24.3 Å². The van der Waals surface area contributed by atoms with Gasteiger partial charge < -0.3 is 24.8 Å². The number of nitrogens with zero attached hydrogens (tertiary/aromatic N) is 5. The van der Waals surface area contributed by atoms with Crippen LogP contribution in [-0.2, 0) is 4.57 Å². The molecule has 136 valence electrons. The molecule has 0 amide bonds.